The van der Waals surface area contributed by atoms with E-state index < -0.39 is 0 Å². The Kier molecular flexibility index (Phi) is 3.69. The van der Waals surface area contributed by atoms with E-state index in [9.17, 15) is 0 Å². The zero-order valence-electron chi connectivity index (χ0n) is 10.8. The first-order valence-corrected chi connectivity index (χ1v) is 6.65. The molecular formula is C17H20. The maximum atomic E-state index is 3.25. The second-order valence-electron chi connectivity index (χ2n) is 4.43. The number of hydrogen-bond acceptors (Lipinski definition) is 0. The SMILES string of the molecule is C1#CCCC2(C=Cc3ccccc32)CC1.CC. The van der Waals surface area contributed by atoms with E-state index in [-0.39, 0.29) is 5.41 Å². The van der Waals surface area contributed by atoms with E-state index >= 15 is 0 Å². The van der Waals surface area contributed by atoms with Crippen molar-refractivity contribution in [2.75, 3.05) is 0 Å². The van der Waals surface area contributed by atoms with Gasteiger partial charge >= 0.3 is 0 Å². The van der Waals surface area contributed by atoms with E-state index in [1.54, 1.807) is 0 Å². The van der Waals surface area contributed by atoms with Gasteiger partial charge in [0.1, 0.15) is 0 Å². The Balaban J connectivity index is 0.000000514. The first-order valence-electron chi connectivity index (χ1n) is 6.65. The van der Waals surface area contributed by atoms with Crippen LogP contribution in [0.4, 0.5) is 0 Å². The van der Waals surface area contributed by atoms with Crippen molar-refractivity contribution in [3.63, 3.8) is 0 Å². The molecule has 0 saturated heterocycles. The lowest BCUT2D eigenvalue weighted by atomic mass is 9.76. The first kappa shape index (κ1) is 12.0. The van der Waals surface area contributed by atoms with Gasteiger partial charge in [0, 0.05) is 18.3 Å². The molecule has 0 unspecified atom stereocenters. The van der Waals surface area contributed by atoms with Crippen molar-refractivity contribution >= 4 is 6.08 Å². The highest BCUT2D eigenvalue weighted by Gasteiger charge is 2.33. The highest BCUT2D eigenvalue weighted by atomic mass is 14.4. The third kappa shape index (κ3) is 2.15. The predicted molar refractivity (Wildman–Crippen MR) is 74.7 cm³/mol. The normalized spacial score (nSPS) is 18.5. The second-order valence-corrected chi connectivity index (χ2v) is 4.43. The lowest BCUT2D eigenvalue weighted by Crippen LogP contribution is -2.20. The molecule has 0 amide bonds. The molecule has 17 heavy (non-hydrogen) atoms. The molecule has 0 atom stereocenters. The fourth-order valence-corrected chi connectivity index (χ4v) is 2.74. The van der Waals surface area contributed by atoms with E-state index in [1.807, 2.05) is 13.8 Å². The summed E-state index contributed by atoms with van der Waals surface area (Å²) in [7, 11) is 0. The Morgan fingerprint density at radius 3 is 2.35 bits per heavy atom. The summed E-state index contributed by atoms with van der Waals surface area (Å²) in [5.74, 6) is 6.49. The Labute approximate surface area is 105 Å². The van der Waals surface area contributed by atoms with Crippen LogP contribution in [0.25, 0.3) is 6.08 Å². The highest BCUT2D eigenvalue weighted by Crippen LogP contribution is 2.43. The lowest BCUT2D eigenvalue weighted by Gasteiger charge is -2.27. The van der Waals surface area contributed by atoms with Gasteiger partial charge in [-0.05, 0) is 24.0 Å². The molecule has 2 aliphatic carbocycles. The fraction of sp³-hybridized carbons (Fsp3) is 0.412. The van der Waals surface area contributed by atoms with Crippen molar-refractivity contribution in [3.8, 4) is 11.8 Å². The minimum Gasteiger partial charge on any atom is -0.103 e. The van der Waals surface area contributed by atoms with Crippen LogP contribution in [0.1, 0.15) is 50.7 Å². The standard InChI is InChI=1S/C15H14.C2H6/c1-2-6-11-15(10-5-1)12-9-13-7-3-4-8-14(13)15;1-2/h3-4,7-9,12H,5-6,10-11H2;1-2H3. The third-order valence-electron chi connectivity index (χ3n) is 3.60. The molecule has 88 valence electrons. The van der Waals surface area contributed by atoms with Crippen molar-refractivity contribution in [1.82, 2.24) is 0 Å². The Morgan fingerprint density at radius 1 is 1.00 bits per heavy atom. The molecule has 2 aliphatic rings. The van der Waals surface area contributed by atoms with Gasteiger partial charge in [-0.25, -0.2) is 0 Å². The lowest BCUT2D eigenvalue weighted by molar-refractivity contribution is 0.480. The minimum atomic E-state index is 0.285. The van der Waals surface area contributed by atoms with Crippen LogP contribution in [0.15, 0.2) is 30.3 Å². The fourth-order valence-electron chi connectivity index (χ4n) is 2.74. The van der Waals surface area contributed by atoms with Crippen molar-refractivity contribution in [3.05, 3.63) is 41.5 Å². The summed E-state index contributed by atoms with van der Waals surface area (Å²) < 4.78 is 0. The summed E-state index contributed by atoms with van der Waals surface area (Å²) in [5, 5.41) is 0. The summed E-state index contributed by atoms with van der Waals surface area (Å²) in [6.07, 6.45) is 9.13. The van der Waals surface area contributed by atoms with Crippen LogP contribution >= 0.6 is 0 Å². The van der Waals surface area contributed by atoms with Crippen LogP contribution in [0, 0.1) is 11.8 Å². The van der Waals surface area contributed by atoms with Gasteiger partial charge in [-0.2, -0.15) is 0 Å². The quantitative estimate of drug-likeness (QED) is 0.567. The smallest absolute Gasteiger partial charge is 0.0159 e. The van der Waals surface area contributed by atoms with E-state index in [2.05, 4.69) is 48.3 Å². The summed E-state index contributed by atoms with van der Waals surface area (Å²) in [6.45, 7) is 4.00. The number of allylic oxidation sites excluding steroid dienone is 1. The molecule has 1 aromatic carbocycles. The topological polar surface area (TPSA) is 0 Å². The molecule has 0 radical (unpaired) electrons. The van der Waals surface area contributed by atoms with Gasteiger partial charge in [-0.15, -0.1) is 11.8 Å². The first-order chi connectivity index (χ1) is 8.41. The summed E-state index contributed by atoms with van der Waals surface area (Å²) in [6, 6.07) is 8.77. The molecule has 0 fully saturated rings. The molecule has 0 N–H and O–H groups in total. The second kappa shape index (κ2) is 5.23. The van der Waals surface area contributed by atoms with E-state index in [0.717, 1.165) is 12.8 Å². The number of hydrogen-bond donors (Lipinski definition) is 0. The zero-order valence-corrected chi connectivity index (χ0v) is 10.8. The number of rotatable bonds is 0. The molecule has 0 heterocycles. The van der Waals surface area contributed by atoms with Crippen molar-refractivity contribution in [2.24, 2.45) is 0 Å². The molecule has 0 heteroatoms. The number of benzene rings is 1. The van der Waals surface area contributed by atoms with Gasteiger partial charge in [0.15, 0.2) is 0 Å². The third-order valence-corrected chi connectivity index (χ3v) is 3.60. The average molecular weight is 224 g/mol. The highest BCUT2D eigenvalue weighted by molar-refractivity contribution is 5.65. The van der Waals surface area contributed by atoms with Gasteiger partial charge in [0.05, 0.1) is 0 Å². The van der Waals surface area contributed by atoms with Crippen molar-refractivity contribution in [1.29, 1.82) is 0 Å². The predicted octanol–water partition coefficient (Wildman–Crippen LogP) is 4.55. The van der Waals surface area contributed by atoms with E-state index in [0.29, 0.717) is 0 Å². The molecule has 1 aromatic rings. The van der Waals surface area contributed by atoms with E-state index in [1.165, 1.54) is 24.0 Å². The van der Waals surface area contributed by atoms with Crippen LogP contribution in [-0.2, 0) is 5.41 Å². The summed E-state index contributed by atoms with van der Waals surface area (Å²) in [4.78, 5) is 0. The summed E-state index contributed by atoms with van der Waals surface area (Å²) in [5.41, 5.74) is 3.20. The average Bonchev–Trinajstić information content (AvgIpc) is 2.60. The minimum absolute atomic E-state index is 0.285. The molecule has 0 aromatic heterocycles. The monoisotopic (exact) mass is 224 g/mol. The number of fused-ring (bicyclic) bond motifs is 2. The van der Waals surface area contributed by atoms with Crippen LogP contribution in [0.2, 0.25) is 0 Å². The molecule has 0 aliphatic heterocycles. The maximum absolute atomic E-state index is 3.25. The van der Waals surface area contributed by atoms with Gasteiger partial charge in [-0.3, -0.25) is 0 Å². The molecule has 0 bridgehead atoms. The van der Waals surface area contributed by atoms with Crippen molar-refractivity contribution in [2.45, 2.75) is 44.9 Å². The zero-order chi connectivity index (χ0) is 12.1. The molecule has 1 spiro atoms. The maximum Gasteiger partial charge on any atom is 0.0159 e. The molecule has 0 saturated carbocycles. The van der Waals surface area contributed by atoms with Crippen LogP contribution < -0.4 is 0 Å². The van der Waals surface area contributed by atoms with Crippen LogP contribution in [0.3, 0.4) is 0 Å². The largest absolute Gasteiger partial charge is 0.103 e. The Bertz CT molecular complexity index is 456. The van der Waals surface area contributed by atoms with E-state index in [4.69, 9.17) is 0 Å². The van der Waals surface area contributed by atoms with Crippen LogP contribution in [-0.4, -0.2) is 0 Å². The van der Waals surface area contributed by atoms with Crippen molar-refractivity contribution < 1.29 is 0 Å². The van der Waals surface area contributed by atoms with Gasteiger partial charge in [0.2, 0.25) is 0 Å². The van der Waals surface area contributed by atoms with Gasteiger partial charge in [0.25, 0.3) is 0 Å². The molecule has 3 rings (SSSR count). The van der Waals surface area contributed by atoms with Gasteiger partial charge < -0.3 is 0 Å². The Morgan fingerprint density at radius 2 is 1.65 bits per heavy atom. The van der Waals surface area contributed by atoms with Crippen LogP contribution in [0.5, 0.6) is 0 Å². The summed E-state index contributed by atoms with van der Waals surface area (Å²) >= 11 is 0. The molecular weight excluding hydrogens is 204 g/mol. The Hall–Kier alpha value is -1.48. The molecule has 0 nitrogen and oxygen atoms in total. The van der Waals surface area contributed by atoms with Gasteiger partial charge in [-0.1, -0.05) is 50.3 Å².